The molecule has 0 radical (unpaired) electrons. The average molecular weight is 283 g/mol. The molecule has 0 bridgehead atoms. The number of alkyl halides is 1. The van der Waals surface area contributed by atoms with E-state index in [0.717, 1.165) is 5.56 Å². The summed E-state index contributed by atoms with van der Waals surface area (Å²) in [7, 11) is 0. The minimum atomic E-state index is -1.00. The second-order valence-electron chi connectivity index (χ2n) is 3.65. The Hall–Kier alpha value is 0.576. The Balaban J connectivity index is 0. The van der Waals surface area contributed by atoms with Crippen LogP contribution in [0.15, 0.2) is 30.3 Å². The Morgan fingerprint density at radius 2 is 2.06 bits per heavy atom. The molecule has 17 heavy (non-hydrogen) atoms. The van der Waals surface area contributed by atoms with E-state index in [4.69, 9.17) is 21.4 Å². The number of hydrogen-bond donors (Lipinski definition) is 1. The van der Waals surface area contributed by atoms with Crippen molar-refractivity contribution >= 4 is 17.6 Å². The maximum atomic E-state index is 10.5. The van der Waals surface area contributed by atoms with Gasteiger partial charge in [-0.15, -0.1) is 11.6 Å². The molecule has 0 aromatic heterocycles. The normalized spacial score (nSPS) is 13.5. The van der Waals surface area contributed by atoms with Crippen LogP contribution in [0.1, 0.15) is 20.3 Å². The van der Waals surface area contributed by atoms with Gasteiger partial charge in [-0.25, -0.2) is 0 Å². The molecule has 5 heteroatoms. The molecule has 1 aromatic carbocycles. The van der Waals surface area contributed by atoms with Gasteiger partial charge in [0, 0.05) is 6.42 Å². The zero-order chi connectivity index (χ0) is 12.0. The summed E-state index contributed by atoms with van der Waals surface area (Å²) in [5.41, 5.74) is 1.07. The SMILES string of the molecule is CC(CC(Cl)C(=O)O)OCc1ccccc1.[H-].[K+]. The molecule has 90 valence electrons. The smallest absolute Gasteiger partial charge is 1.00 e. The Labute approximate surface area is 150 Å². The largest absolute Gasteiger partial charge is 1.00 e. The minimum absolute atomic E-state index is 0. The standard InChI is InChI=1S/C12H15ClO3.K.H/c1-9(7-11(13)12(14)15)16-8-10-5-3-2-4-6-10;;/h2-6,9,11H,7-8H2,1H3,(H,14,15);;/q;+1;-1. The van der Waals surface area contributed by atoms with E-state index >= 15 is 0 Å². The second-order valence-corrected chi connectivity index (χ2v) is 4.18. The molecule has 0 fully saturated rings. The predicted octanol–water partition coefficient (Wildman–Crippen LogP) is -0.210. The van der Waals surface area contributed by atoms with Crippen LogP contribution in [0.2, 0.25) is 0 Å². The van der Waals surface area contributed by atoms with Crippen LogP contribution >= 0.6 is 11.6 Å². The van der Waals surface area contributed by atoms with Crippen LogP contribution in [-0.4, -0.2) is 22.6 Å². The number of benzene rings is 1. The van der Waals surface area contributed by atoms with Gasteiger partial charge >= 0.3 is 57.4 Å². The van der Waals surface area contributed by atoms with E-state index in [0.29, 0.717) is 13.0 Å². The molecule has 0 aliphatic rings. The number of aliphatic carboxylic acids is 1. The van der Waals surface area contributed by atoms with Gasteiger partial charge in [0.1, 0.15) is 5.38 Å². The molecule has 0 heterocycles. The maximum absolute atomic E-state index is 10.5. The van der Waals surface area contributed by atoms with Crippen LogP contribution in [0.5, 0.6) is 0 Å². The molecule has 0 spiro atoms. The molecule has 1 rings (SSSR count). The van der Waals surface area contributed by atoms with E-state index in [2.05, 4.69) is 0 Å². The number of carboxylic acids is 1. The molecule has 0 saturated carbocycles. The van der Waals surface area contributed by atoms with Crippen molar-refractivity contribution in [3.05, 3.63) is 35.9 Å². The Bertz CT molecular complexity index is 337. The first kappa shape index (κ1) is 17.6. The first-order valence-electron chi connectivity index (χ1n) is 5.12. The molecule has 0 aliphatic heterocycles. The van der Waals surface area contributed by atoms with Gasteiger partial charge in [0.25, 0.3) is 0 Å². The number of ether oxygens (including phenoxy) is 1. The summed E-state index contributed by atoms with van der Waals surface area (Å²) in [5.74, 6) is -1.00. The van der Waals surface area contributed by atoms with Gasteiger partial charge in [0.15, 0.2) is 0 Å². The summed E-state index contributed by atoms with van der Waals surface area (Å²) in [5, 5.41) is 7.75. The molecular weight excluding hydrogens is 267 g/mol. The van der Waals surface area contributed by atoms with E-state index < -0.39 is 11.3 Å². The number of carbonyl (C=O) groups is 1. The van der Waals surface area contributed by atoms with Crippen LogP contribution in [0, 0.1) is 0 Å². The quantitative estimate of drug-likeness (QED) is 0.580. The fraction of sp³-hybridized carbons (Fsp3) is 0.417. The minimum Gasteiger partial charge on any atom is -1.00 e. The zero-order valence-electron chi connectivity index (χ0n) is 11.1. The van der Waals surface area contributed by atoms with Crippen molar-refractivity contribution in [3.8, 4) is 0 Å². The van der Waals surface area contributed by atoms with Gasteiger partial charge in [-0.05, 0) is 12.5 Å². The van der Waals surface area contributed by atoms with Gasteiger partial charge in [0.05, 0.1) is 12.7 Å². The van der Waals surface area contributed by atoms with Crippen molar-refractivity contribution in [3.63, 3.8) is 0 Å². The summed E-state index contributed by atoms with van der Waals surface area (Å²) in [6.45, 7) is 2.30. The van der Waals surface area contributed by atoms with Crippen molar-refractivity contribution in [1.82, 2.24) is 0 Å². The van der Waals surface area contributed by atoms with Gasteiger partial charge in [-0.3, -0.25) is 4.79 Å². The summed E-state index contributed by atoms with van der Waals surface area (Å²) in [4.78, 5) is 10.5. The second kappa shape index (κ2) is 9.50. The molecule has 1 aromatic rings. The predicted molar refractivity (Wildman–Crippen MR) is 63.7 cm³/mol. The van der Waals surface area contributed by atoms with Crippen molar-refractivity contribution in [2.24, 2.45) is 0 Å². The molecule has 2 atom stereocenters. The number of rotatable bonds is 6. The van der Waals surface area contributed by atoms with Crippen LogP contribution in [0.3, 0.4) is 0 Å². The van der Waals surface area contributed by atoms with Crippen molar-refractivity contribution < 1.29 is 67.4 Å². The van der Waals surface area contributed by atoms with Crippen LogP contribution in [-0.2, 0) is 16.1 Å². The van der Waals surface area contributed by atoms with E-state index in [-0.39, 0.29) is 58.9 Å². The van der Waals surface area contributed by atoms with Gasteiger partial charge in [-0.1, -0.05) is 30.3 Å². The van der Waals surface area contributed by atoms with Crippen LogP contribution in [0.25, 0.3) is 0 Å². The third-order valence-electron chi connectivity index (χ3n) is 2.18. The van der Waals surface area contributed by atoms with E-state index in [1.807, 2.05) is 37.3 Å². The molecule has 1 N–H and O–H groups in total. The number of hydrogen-bond acceptors (Lipinski definition) is 2. The van der Waals surface area contributed by atoms with Crippen LogP contribution in [0.4, 0.5) is 0 Å². The summed E-state index contributed by atoms with van der Waals surface area (Å²) < 4.78 is 5.50. The molecule has 3 nitrogen and oxygen atoms in total. The molecule has 0 amide bonds. The monoisotopic (exact) mass is 282 g/mol. The van der Waals surface area contributed by atoms with Gasteiger partial charge in [-0.2, -0.15) is 0 Å². The van der Waals surface area contributed by atoms with E-state index in [1.165, 1.54) is 0 Å². The van der Waals surface area contributed by atoms with Crippen molar-refractivity contribution in [2.75, 3.05) is 0 Å². The third-order valence-corrected chi connectivity index (χ3v) is 2.55. The van der Waals surface area contributed by atoms with Crippen molar-refractivity contribution in [2.45, 2.75) is 31.4 Å². The van der Waals surface area contributed by atoms with Crippen molar-refractivity contribution in [1.29, 1.82) is 0 Å². The molecule has 0 aliphatic carbocycles. The van der Waals surface area contributed by atoms with E-state index in [9.17, 15) is 4.79 Å². The summed E-state index contributed by atoms with van der Waals surface area (Å²) in [6, 6.07) is 9.73. The van der Waals surface area contributed by atoms with Crippen LogP contribution < -0.4 is 51.4 Å². The number of carboxylic acid groups (broad SMARTS) is 1. The molecule has 2 unspecified atom stereocenters. The topological polar surface area (TPSA) is 46.5 Å². The van der Waals surface area contributed by atoms with Gasteiger partial charge in [0.2, 0.25) is 0 Å². The summed E-state index contributed by atoms with van der Waals surface area (Å²) in [6.07, 6.45) is 0.141. The number of halogens is 1. The van der Waals surface area contributed by atoms with E-state index in [1.54, 1.807) is 0 Å². The zero-order valence-corrected chi connectivity index (χ0v) is 14.0. The Morgan fingerprint density at radius 1 is 1.47 bits per heavy atom. The molecule has 0 saturated heterocycles. The maximum Gasteiger partial charge on any atom is 1.00 e. The third kappa shape index (κ3) is 7.57. The van der Waals surface area contributed by atoms with Gasteiger partial charge < -0.3 is 11.3 Å². The fourth-order valence-corrected chi connectivity index (χ4v) is 1.52. The summed E-state index contributed by atoms with van der Waals surface area (Å²) >= 11 is 5.61. The molecular formula is C12H16ClKO3. The Kier molecular flexibility index (Phi) is 9.82. The average Bonchev–Trinajstić information content (AvgIpc) is 2.27. The Morgan fingerprint density at radius 3 is 2.59 bits per heavy atom. The fourth-order valence-electron chi connectivity index (χ4n) is 1.27. The first-order chi connectivity index (χ1) is 7.59. The first-order valence-corrected chi connectivity index (χ1v) is 5.55.